The molecule has 248 valence electrons. The molecule has 8 aromatic rings. The number of fused-ring (bicyclic) bond motifs is 2. The van der Waals surface area contributed by atoms with E-state index in [2.05, 4.69) is 87.2 Å². The zero-order valence-corrected chi connectivity index (χ0v) is 28.3. The molecule has 0 radical (unpaired) electrons. The molecule has 6 heterocycles. The first-order chi connectivity index (χ1) is 25.6. The maximum atomic E-state index is 4.96. The lowest BCUT2D eigenvalue weighted by Gasteiger charge is -2.43. The number of pyridine rings is 1. The Hall–Kier alpha value is -7.07. The van der Waals surface area contributed by atoms with Gasteiger partial charge in [0.15, 0.2) is 0 Å². The van der Waals surface area contributed by atoms with Crippen LogP contribution in [-0.4, -0.2) is 44.9 Å². The van der Waals surface area contributed by atoms with Crippen molar-refractivity contribution in [3.05, 3.63) is 158 Å². The maximum Gasteiger partial charge on any atom is 0.116 e. The normalized spacial score (nSPS) is 12.9. The quantitative estimate of drug-likeness (QED) is 0.169. The van der Waals surface area contributed by atoms with Crippen molar-refractivity contribution in [2.45, 2.75) is 19.3 Å². The van der Waals surface area contributed by atoms with Gasteiger partial charge in [-0.1, -0.05) is 56.3 Å². The van der Waals surface area contributed by atoms with E-state index in [1.807, 2.05) is 42.5 Å². The predicted molar refractivity (Wildman–Crippen MR) is 201 cm³/mol. The van der Waals surface area contributed by atoms with Crippen molar-refractivity contribution in [3.63, 3.8) is 0 Å². The van der Waals surface area contributed by atoms with Crippen LogP contribution in [-0.2, 0) is 5.41 Å². The summed E-state index contributed by atoms with van der Waals surface area (Å²) in [6, 6.07) is 30.8. The van der Waals surface area contributed by atoms with Gasteiger partial charge in [-0.3, -0.25) is 4.98 Å². The molecule has 9 rings (SSSR count). The minimum absolute atomic E-state index is 0.299. The smallest absolute Gasteiger partial charge is 0.116 e. The van der Waals surface area contributed by atoms with Crippen LogP contribution in [0.1, 0.15) is 25.0 Å². The van der Waals surface area contributed by atoms with Crippen molar-refractivity contribution >= 4 is 17.1 Å². The summed E-state index contributed by atoms with van der Waals surface area (Å²) in [6.45, 7) is 4.56. The fraction of sp³-hybridized carbons (Fsp3) is 0.0714. The highest BCUT2D eigenvalue weighted by atomic mass is 15.2. The van der Waals surface area contributed by atoms with E-state index in [1.54, 1.807) is 56.3 Å². The fourth-order valence-electron chi connectivity index (χ4n) is 7.40. The van der Waals surface area contributed by atoms with Crippen molar-refractivity contribution in [1.82, 2.24) is 44.9 Å². The number of nitrogens with zero attached hydrogens (tertiary/aromatic N) is 10. The van der Waals surface area contributed by atoms with E-state index in [0.29, 0.717) is 22.8 Å². The van der Waals surface area contributed by atoms with Crippen molar-refractivity contribution in [3.8, 4) is 56.3 Å². The molecule has 1 aliphatic rings. The minimum atomic E-state index is -0.299. The Morgan fingerprint density at radius 1 is 0.385 bits per heavy atom. The highest BCUT2D eigenvalue weighted by Crippen LogP contribution is 2.60. The van der Waals surface area contributed by atoms with Crippen LogP contribution in [0.3, 0.4) is 0 Å². The highest BCUT2D eigenvalue weighted by molar-refractivity contribution is 6.14. The molecule has 0 saturated heterocycles. The molecule has 52 heavy (non-hydrogen) atoms. The third kappa shape index (κ3) is 4.99. The zero-order chi connectivity index (χ0) is 35.1. The maximum absolute atomic E-state index is 4.96. The lowest BCUT2D eigenvalue weighted by atomic mass is 9.73. The molecule has 1 aliphatic heterocycles. The summed E-state index contributed by atoms with van der Waals surface area (Å²) < 4.78 is 0. The lowest BCUT2D eigenvalue weighted by Crippen LogP contribution is -2.31. The number of benzene rings is 3. The largest absolute Gasteiger partial charge is 0.308 e. The number of hydrogen-bond acceptors (Lipinski definition) is 10. The average molecular weight is 675 g/mol. The van der Waals surface area contributed by atoms with Crippen LogP contribution in [0.4, 0.5) is 17.1 Å². The molecule has 0 bridgehead atoms. The molecule has 0 spiro atoms. The molecule has 0 saturated carbocycles. The molecule has 0 N–H and O–H groups in total. The summed E-state index contributed by atoms with van der Waals surface area (Å²) >= 11 is 0. The van der Waals surface area contributed by atoms with Crippen molar-refractivity contribution in [2.75, 3.05) is 4.90 Å². The van der Waals surface area contributed by atoms with Crippen LogP contribution in [0.5, 0.6) is 0 Å². The summed E-state index contributed by atoms with van der Waals surface area (Å²) in [7, 11) is 0. The molecule has 10 nitrogen and oxygen atoms in total. The molecule has 3 aromatic carbocycles. The number of para-hydroxylation sites is 2. The predicted octanol–water partition coefficient (Wildman–Crippen LogP) is 8.69. The van der Waals surface area contributed by atoms with Gasteiger partial charge in [0.25, 0.3) is 0 Å². The summed E-state index contributed by atoms with van der Waals surface area (Å²) in [6.07, 6.45) is 15.1. The van der Waals surface area contributed by atoms with Gasteiger partial charge in [-0.25, -0.2) is 39.9 Å². The van der Waals surface area contributed by atoms with Gasteiger partial charge in [-0.05, 0) is 59.7 Å². The topological polar surface area (TPSA) is 119 Å². The summed E-state index contributed by atoms with van der Waals surface area (Å²) in [5.74, 6) is 0. The molecule has 0 fully saturated rings. The minimum Gasteiger partial charge on any atom is -0.308 e. The van der Waals surface area contributed by atoms with E-state index in [9.17, 15) is 0 Å². The Kier molecular flexibility index (Phi) is 7.54. The van der Waals surface area contributed by atoms with Gasteiger partial charge in [0.2, 0.25) is 0 Å². The van der Waals surface area contributed by atoms with Crippen LogP contribution >= 0.6 is 0 Å². The second-order valence-electron chi connectivity index (χ2n) is 12.8. The monoisotopic (exact) mass is 674 g/mol. The van der Waals surface area contributed by atoms with Gasteiger partial charge in [0, 0.05) is 64.2 Å². The molecule has 0 amide bonds. The second kappa shape index (κ2) is 12.7. The van der Waals surface area contributed by atoms with Crippen LogP contribution in [0.2, 0.25) is 0 Å². The van der Waals surface area contributed by atoms with Crippen LogP contribution in [0.15, 0.2) is 147 Å². The Labute approximate surface area is 300 Å². The standard InChI is InChI=1S/C42H30N10/c1-42(2)27-9-3-5-12-34(27)52(35-13-6-4-10-28(35)42)41-39(32-16-21-45-25-50-32)37(30-14-19-43-23-48-30)36(29-11-7-8-18-47-29)38(31-15-20-44-24-49-31)40(41)33-17-22-46-26-51-33/h3-26H,1-2H3. The summed E-state index contributed by atoms with van der Waals surface area (Å²) in [5.41, 5.74) is 12.5. The Morgan fingerprint density at radius 2 is 0.769 bits per heavy atom. The first-order valence-electron chi connectivity index (χ1n) is 16.8. The van der Waals surface area contributed by atoms with E-state index in [1.165, 1.54) is 11.1 Å². The van der Waals surface area contributed by atoms with Gasteiger partial charge in [-0.15, -0.1) is 0 Å². The van der Waals surface area contributed by atoms with Crippen molar-refractivity contribution < 1.29 is 0 Å². The van der Waals surface area contributed by atoms with Gasteiger partial charge in [-0.2, -0.15) is 0 Å². The van der Waals surface area contributed by atoms with Crippen molar-refractivity contribution in [1.29, 1.82) is 0 Å². The first-order valence-corrected chi connectivity index (χ1v) is 16.8. The molecule has 0 aliphatic carbocycles. The Morgan fingerprint density at radius 3 is 1.17 bits per heavy atom. The van der Waals surface area contributed by atoms with Gasteiger partial charge in [0.1, 0.15) is 25.3 Å². The molecule has 0 unspecified atom stereocenters. The Bertz CT molecular complexity index is 2380. The van der Waals surface area contributed by atoms with E-state index >= 15 is 0 Å². The van der Waals surface area contributed by atoms with E-state index < -0.39 is 0 Å². The second-order valence-corrected chi connectivity index (χ2v) is 12.8. The summed E-state index contributed by atoms with van der Waals surface area (Å²) in [5, 5.41) is 0. The number of rotatable bonds is 6. The molecule has 0 atom stereocenters. The third-order valence-corrected chi connectivity index (χ3v) is 9.61. The van der Waals surface area contributed by atoms with Crippen LogP contribution in [0.25, 0.3) is 56.3 Å². The average Bonchev–Trinajstić information content (AvgIpc) is 3.22. The zero-order valence-electron chi connectivity index (χ0n) is 28.3. The first kappa shape index (κ1) is 30.9. The SMILES string of the molecule is CC1(C)c2ccccc2N(c2c(-c3ccncn3)c(-c3ccncn3)c(-c3ccccn3)c(-c3ccncn3)c2-c2ccncn2)c2ccccc21. The third-order valence-electron chi connectivity index (χ3n) is 9.61. The van der Waals surface area contributed by atoms with Gasteiger partial charge < -0.3 is 4.90 Å². The number of aromatic nitrogens is 9. The summed E-state index contributed by atoms with van der Waals surface area (Å²) in [4.78, 5) is 44.3. The van der Waals surface area contributed by atoms with Gasteiger partial charge in [0.05, 0.1) is 45.5 Å². The molecule has 10 heteroatoms. The van der Waals surface area contributed by atoms with Crippen LogP contribution in [0, 0.1) is 0 Å². The molecular weight excluding hydrogens is 645 g/mol. The fourth-order valence-corrected chi connectivity index (χ4v) is 7.40. The van der Waals surface area contributed by atoms with Gasteiger partial charge >= 0.3 is 0 Å². The lowest BCUT2D eigenvalue weighted by molar-refractivity contribution is 0.632. The number of anilines is 3. The van der Waals surface area contributed by atoms with Crippen LogP contribution < -0.4 is 4.90 Å². The van der Waals surface area contributed by atoms with E-state index in [0.717, 1.165) is 50.6 Å². The van der Waals surface area contributed by atoms with E-state index in [4.69, 9.17) is 24.9 Å². The van der Waals surface area contributed by atoms with E-state index in [-0.39, 0.29) is 5.41 Å². The molecule has 5 aromatic heterocycles. The molecular formula is C42H30N10. The number of hydrogen-bond donors (Lipinski definition) is 0. The highest BCUT2D eigenvalue weighted by Gasteiger charge is 2.41. The Balaban J connectivity index is 1.60. The van der Waals surface area contributed by atoms with Crippen molar-refractivity contribution in [2.24, 2.45) is 0 Å².